The second-order valence-corrected chi connectivity index (χ2v) is 4.66. The molecule has 0 amide bonds. The van der Waals surface area contributed by atoms with E-state index in [1.165, 1.54) is 0 Å². The fourth-order valence-electron chi connectivity index (χ4n) is 1.61. The number of aromatic nitrogens is 2. The van der Waals surface area contributed by atoms with E-state index in [-0.39, 0.29) is 12.4 Å². The zero-order valence-corrected chi connectivity index (χ0v) is 11.7. The minimum atomic E-state index is -6.44. The van der Waals surface area contributed by atoms with Gasteiger partial charge in [0.05, 0.1) is 12.4 Å². The molecule has 0 radical (unpaired) electrons. The first-order valence-electron chi connectivity index (χ1n) is 6.37. The van der Waals surface area contributed by atoms with Gasteiger partial charge >= 0.3 is 18.0 Å². The Morgan fingerprint density at radius 2 is 1.38 bits per heavy atom. The highest BCUT2D eigenvalue weighted by Gasteiger charge is 2.75. The Hall–Kier alpha value is -2.39. The Labute approximate surface area is 131 Å². The van der Waals surface area contributed by atoms with Gasteiger partial charge < -0.3 is 4.74 Å². The monoisotopic (exact) mass is 354 g/mol. The van der Waals surface area contributed by atoms with Crippen LogP contribution in [0.15, 0.2) is 42.7 Å². The molecule has 24 heavy (non-hydrogen) atoms. The Bertz CT molecular complexity index is 672. The quantitative estimate of drug-likeness (QED) is 0.749. The second-order valence-electron chi connectivity index (χ2n) is 4.66. The van der Waals surface area contributed by atoms with Crippen LogP contribution in [-0.2, 0) is 12.5 Å². The predicted molar refractivity (Wildman–Crippen MR) is 67.7 cm³/mol. The molecule has 0 bridgehead atoms. The van der Waals surface area contributed by atoms with Crippen molar-refractivity contribution in [3.63, 3.8) is 0 Å². The minimum Gasteiger partial charge on any atom is -0.486 e. The zero-order valence-electron chi connectivity index (χ0n) is 11.7. The van der Waals surface area contributed by atoms with Gasteiger partial charge in [-0.1, -0.05) is 30.3 Å². The third kappa shape index (κ3) is 3.41. The first kappa shape index (κ1) is 18.0. The van der Waals surface area contributed by atoms with E-state index in [0.717, 1.165) is 5.56 Å². The molecule has 0 unspecified atom stereocenters. The summed E-state index contributed by atoms with van der Waals surface area (Å²) in [5.41, 5.74) is 0.718. The lowest BCUT2D eigenvalue weighted by molar-refractivity contribution is -0.361. The van der Waals surface area contributed by atoms with Crippen molar-refractivity contribution < 1.29 is 35.5 Å². The topological polar surface area (TPSA) is 35.0 Å². The average molecular weight is 354 g/mol. The van der Waals surface area contributed by atoms with Crippen LogP contribution in [-0.4, -0.2) is 22.1 Å². The highest BCUT2D eigenvalue weighted by atomic mass is 19.4. The molecule has 0 aliphatic rings. The first-order chi connectivity index (χ1) is 11.1. The molecule has 2 rings (SSSR count). The van der Waals surface area contributed by atoms with Crippen LogP contribution in [0.4, 0.5) is 30.7 Å². The first-order valence-corrected chi connectivity index (χ1v) is 6.37. The number of ether oxygens (including phenoxy) is 1. The second kappa shape index (κ2) is 6.25. The third-order valence-corrected chi connectivity index (χ3v) is 2.91. The lowest BCUT2D eigenvalue weighted by atomic mass is 10.1. The Morgan fingerprint density at radius 3 is 1.88 bits per heavy atom. The summed E-state index contributed by atoms with van der Waals surface area (Å²) in [6, 6.07) is 8.60. The summed E-state index contributed by atoms with van der Waals surface area (Å²) in [7, 11) is 0. The molecule has 10 heteroatoms. The Kier molecular flexibility index (Phi) is 4.68. The highest BCUT2D eigenvalue weighted by Crippen LogP contribution is 2.50. The molecule has 130 valence electrons. The van der Waals surface area contributed by atoms with E-state index in [9.17, 15) is 30.7 Å². The molecule has 0 saturated carbocycles. The maximum Gasteiger partial charge on any atom is 0.460 e. The van der Waals surface area contributed by atoms with Gasteiger partial charge in [0.1, 0.15) is 6.61 Å². The standard InChI is InChI=1S/C14H9F7N2O/c15-12(16,13(17,18)14(19,20)21)11-22-6-10(7-23-11)24-8-9-4-2-1-3-5-9/h1-7H,8H2. The van der Waals surface area contributed by atoms with Crippen molar-refractivity contribution in [1.29, 1.82) is 0 Å². The van der Waals surface area contributed by atoms with Crippen LogP contribution in [0.5, 0.6) is 5.75 Å². The van der Waals surface area contributed by atoms with Crippen molar-refractivity contribution >= 4 is 0 Å². The van der Waals surface area contributed by atoms with E-state index in [0.29, 0.717) is 12.4 Å². The summed E-state index contributed by atoms with van der Waals surface area (Å²) in [6.45, 7) is 0.0125. The van der Waals surface area contributed by atoms with Gasteiger partial charge in [-0.2, -0.15) is 30.7 Å². The SMILES string of the molecule is FC(F)(F)C(F)(F)C(F)(F)c1ncc(OCc2ccccc2)cn1. The van der Waals surface area contributed by atoms with Crippen molar-refractivity contribution in [3.8, 4) is 5.75 Å². The molecule has 3 nitrogen and oxygen atoms in total. The number of hydrogen-bond acceptors (Lipinski definition) is 3. The average Bonchev–Trinajstić information content (AvgIpc) is 2.53. The van der Waals surface area contributed by atoms with Crippen LogP contribution in [0.25, 0.3) is 0 Å². The van der Waals surface area contributed by atoms with Crippen LogP contribution < -0.4 is 4.74 Å². The van der Waals surface area contributed by atoms with Crippen LogP contribution in [0.2, 0.25) is 0 Å². The summed E-state index contributed by atoms with van der Waals surface area (Å²) in [4.78, 5) is 5.75. The lowest BCUT2D eigenvalue weighted by Crippen LogP contribution is -2.50. The fraction of sp³-hybridized carbons (Fsp3) is 0.286. The van der Waals surface area contributed by atoms with E-state index in [4.69, 9.17) is 4.74 Å². The van der Waals surface area contributed by atoms with Gasteiger partial charge in [-0.3, -0.25) is 0 Å². The molecule has 0 spiro atoms. The van der Waals surface area contributed by atoms with Gasteiger partial charge in [0.2, 0.25) is 5.82 Å². The van der Waals surface area contributed by atoms with Gasteiger partial charge in [-0.05, 0) is 5.56 Å². The lowest BCUT2D eigenvalue weighted by Gasteiger charge is -2.26. The summed E-state index contributed by atoms with van der Waals surface area (Å²) < 4.78 is 93.9. The number of benzene rings is 1. The maximum atomic E-state index is 13.4. The minimum absolute atomic E-state index is 0.0125. The maximum absolute atomic E-state index is 13.4. The summed E-state index contributed by atoms with van der Waals surface area (Å²) in [5.74, 6) is -14.0. The van der Waals surface area contributed by atoms with Crippen LogP contribution >= 0.6 is 0 Å². The van der Waals surface area contributed by atoms with Crippen molar-refractivity contribution in [1.82, 2.24) is 9.97 Å². The molecule has 1 heterocycles. The van der Waals surface area contributed by atoms with E-state index in [1.807, 2.05) is 0 Å². The van der Waals surface area contributed by atoms with Crippen molar-refractivity contribution in [3.05, 3.63) is 54.1 Å². The number of rotatable bonds is 5. The summed E-state index contributed by atoms with van der Waals surface area (Å²) >= 11 is 0. The molecule has 2 aromatic rings. The highest BCUT2D eigenvalue weighted by molar-refractivity contribution is 5.18. The van der Waals surface area contributed by atoms with E-state index in [1.54, 1.807) is 30.3 Å². The molecule has 0 fully saturated rings. The summed E-state index contributed by atoms with van der Waals surface area (Å²) in [6.07, 6.45) is -5.24. The summed E-state index contributed by atoms with van der Waals surface area (Å²) in [5, 5.41) is 0. The number of hydrogen-bond donors (Lipinski definition) is 0. The Balaban J connectivity index is 2.14. The van der Waals surface area contributed by atoms with Gasteiger partial charge in [-0.25, -0.2) is 9.97 Å². The molecule has 0 aliphatic carbocycles. The van der Waals surface area contributed by atoms with Gasteiger partial charge in [0.15, 0.2) is 5.75 Å². The zero-order chi connectivity index (χ0) is 18.0. The fourth-order valence-corrected chi connectivity index (χ4v) is 1.61. The van der Waals surface area contributed by atoms with Gasteiger partial charge in [0.25, 0.3) is 0 Å². The van der Waals surface area contributed by atoms with E-state index in [2.05, 4.69) is 9.97 Å². The normalized spacial score (nSPS) is 13.0. The molecule has 0 aliphatic heterocycles. The molecule has 0 saturated heterocycles. The van der Waals surface area contributed by atoms with Crippen molar-refractivity contribution in [2.45, 2.75) is 24.6 Å². The predicted octanol–water partition coefficient (Wildman–Crippen LogP) is 4.35. The molecular formula is C14H9F7N2O. The van der Waals surface area contributed by atoms with Gasteiger partial charge in [0, 0.05) is 0 Å². The van der Waals surface area contributed by atoms with Crippen LogP contribution in [0, 0.1) is 0 Å². The largest absolute Gasteiger partial charge is 0.486 e. The molecule has 1 aromatic carbocycles. The van der Waals surface area contributed by atoms with Crippen LogP contribution in [0.3, 0.4) is 0 Å². The van der Waals surface area contributed by atoms with Crippen LogP contribution in [0.1, 0.15) is 11.4 Å². The smallest absolute Gasteiger partial charge is 0.460 e. The number of halogens is 7. The van der Waals surface area contributed by atoms with Gasteiger partial charge in [-0.15, -0.1) is 0 Å². The molecule has 1 aromatic heterocycles. The number of alkyl halides is 7. The van der Waals surface area contributed by atoms with E-state index >= 15 is 0 Å². The molecule has 0 N–H and O–H groups in total. The third-order valence-electron chi connectivity index (χ3n) is 2.91. The van der Waals surface area contributed by atoms with Crippen molar-refractivity contribution in [2.75, 3.05) is 0 Å². The van der Waals surface area contributed by atoms with E-state index < -0.39 is 23.8 Å². The number of nitrogens with zero attached hydrogens (tertiary/aromatic N) is 2. The Morgan fingerprint density at radius 1 is 0.833 bits per heavy atom. The van der Waals surface area contributed by atoms with Crippen molar-refractivity contribution in [2.24, 2.45) is 0 Å². The molecular weight excluding hydrogens is 345 g/mol. The molecule has 0 atom stereocenters.